The zero-order valence-electron chi connectivity index (χ0n) is 18.5. The van der Waals surface area contributed by atoms with Gasteiger partial charge in [0.05, 0.1) is 12.3 Å². The number of aryl methyl sites for hydroxylation is 2. The molecule has 0 amide bonds. The van der Waals surface area contributed by atoms with Crippen LogP contribution < -0.4 is 0 Å². The van der Waals surface area contributed by atoms with Crippen LogP contribution >= 0.6 is 0 Å². The van der Waals surface area contributed by atoms with E-state index in [1.54, 1.807) is 12.1 Å². The molecule has 5 nitrogen and oxygen atoms in total. The second-order valence-corrected chi connectivity index (χ2v) is 8.60. The number of pyridine rings is 1. The van der Waals surface area contributed by atoms with Crippen LogP contribution in [-0.4, -0.2) is 26.1 Å². The van der Waals surface area contributed by atoms with Gasteiger partial charge in [-0.2, -0.15) is 0 Å². The van der Waals surface area contributed by atoms with Gasteiger partial charge < -0.3 is 14.3 Å². The Hall–Kier alpha value is -3.77. The Bertz CT molecular complexity index is 1500. The number of imidazole rings is 1. The summed E-state index contributed by atoms with van der Waals surface area (Å²) in [5.74, 6) is 0.605. The smallest absolute Gasteiger partial charge is 0.143 e. The molecule has 5 aromatic rings. The molecule has 1 unspecified atom stereocenters. The molecular weight excluding hydrogens is 415 g/mol. The maximum absolute atomic E-state index is 13.6. The fourth-order valence-electron chi connectivity index (χ4n) is 4.63. The van der Waals surface area contributed by atoms with Gasteiger partial charge in [0.1, 0.15) is 23.4 Å². The number of fused-ring (bicyclic) bond motifs is 2. The lowest BCUT2D eigenvalue weighted by Crippen LogP contribution is -2.23. The predicted octanol–water partition coefficient (Wildman–Crippen LogP) is 5.97. The summed E-state index contributed by atoms with van der Waals surface area (Å²) in [6, 6.07) is 17.5. The van der Waals surface area contributed by atoms with E-state index in [2.05, 4.69) is 51.1 Å². The molecule has 4 heterocycles. The van der Waals surface area contributed by atoms with Crippen molar-refractivity contribution in [3.63, 3.8) is 0 Å². The summed E-state index contributed by atoms with van der Waals surface area (Å²) in [4.78, 5) is 12.7. The lowest BCUT2D eigenvalue weighted by Gasteiger charge is -2.25. The lowest BCUT2D eigenvalue weighted by molar-refractivity contribution is 0.0426. The van der Waals surface area contributed by atoms with Gasteiger partial charge in [-0.15, -0.1) is 0 Å². The number of ether oxygens (including phenoxy) is 1. The van der Waals surface area contributed by atoms with E-state index >= 15 is 0 Å². The molecule has 1 atom stereocenters. The van der Waals surface area contributed by atoms with E-state index in [0.717, 1.165) is 62.6 Å². The summed E-state index contributed by atoms with van der Waals surface area (Å²) in [6.45, 7) is 5.24. The number of benzene rings is 2. The van der Waals surface area contributed by atoms with E-state index in [1.807, 2.05) is 26.1 Å². The van der Waals surface area contributed by atoms with Crippen molar-refractivity contribution in [3.8, 4) is 22.5 Å². The van der Waals surface area contributed by atoms with Gasteiger partial charge in [0.2, 0.25) is 0 Å². The minimum Gasteiger partial charge on any atom is -0.364 e. The van der Waals surface area contributed by atoms with Crippen molar-refractivity contribution in [3.05, 3.63) is 95.5 Å². The van der Waals surface area contributed by atoms with E-state index in [0.29, 0.717) is 6.61 Å². The average molecular weight is 439 g/mol. The van der Waals surface area contributed by atoms with Crippen molar-refractivity contribution < 1.29 is 9.13 Å². The first-order valence-corrected chi connectivity index (χ1v) is 11.1. The Morgan fingerprint density at radius 1 is 1.03 bits per heavy atom. The van der Waals surface area contributed by atoms with Crippen LogP contribution in [0.5, 0.6) is 0 Å². The van der Waals surface area contributed by atoms with Crippen molar-refractivity contribution in [2.24, 2.45) is 0 Å². The third-order valence-electron chi connectivity index (χ3n) is 6.30. The number of aromatic amines is 1. The molecule has 2 aromatic carbocycles. The molecule has 3 aromatic heterocycles. The molecule has 0 radical (unpaired) electrons. The third kappa shape index (κ3) is 3.52. The molecule has 0 aliphatic carbocycles. The van der Waals surface area contributed by atoms with Gasteiger partial charge in [-0.3, -0.25) is 4.98 Å². The van der Waals surface area contributed by atoms with Crippen LogP contribution in [0.1, 0.15) is 28.7 Å². The molecule has 6 heteroatoms. The fraction of sp³-hybridized carbons (Fsp3) is 0.185. The topological polar surface area (TPSA) is 55.7 Å². The first-order chi connectivity index (χ1) is 16.0. The Morgan fingerprint density at radius 2 is 1.91 bits per heavy atom. The van der Waals surface area contributed by atoms with Crippen molar-refractivity contribution >= 4 is 10.9 Å². The SMILES string of the molecule is Cc1cc(-c2ccc3[nH]c(-c4cn5c(n4)C(c4ccc(F)cc4C)OCC5)cc3c2)ccn1. The maximum Gasteiger partial charge on any atom is 0.143 e. The number of hydrogen-bond donors (Lipinski definition) is 1. The van der Waals surface area contributed by atoms with Gasteiger partial charge in [-0.05, 0) is 78.6 Å². The summed E-state index contributed by atoms with van der Waals surface area (Å²) in [6.07, 6.45) is 3.61. The second kappa shape index (κ2) is 7.67. The van der Waals surface area contributed by atoms with Crippen LogP contribution in [0.2, 0.25) is 0 Å². The normalized spacial score (nSPS) is 15.7. The Balaban J connectivity index is 1.38. The highest BCUT2D eigenvalue weighted by molar-refractivity contribution is 5.89. The molecule has 33 heavy (non-hydrogen) atoms. The van der Waals surface area contributed by atoms with Gasteiger partial charge in [0.25, 0.3) is 0 Å². The van der Waals surface area contributed by atoms with Gasteiger partial charge in [-0.1, -0.05) is 12.1 Å². The van der Waals surface area contributed by atoms with Crippen LogP contribution in [0, 0.1) is 19.7 Å². The zero-order valence-corrected chi connectivity index (χ0v) is 18.5. The van der Waals surface area contributed by atoms with Gasteiger partial charge in [0, 0.05) is 35.5 Å². The van der Waals surface area contributed by atoms with Crippen molar-refractivity contribution in [1.29, 1.82) is 0 Å². The Labute approximate surface area is 190 Å². The number of rotatable bonds is 3. The molecule has 1 aliphatic rings. The Morgan fingerprint density at radius 3 is 2.76 bits per heavy atom. The Kier molecular flexibility index (Phi) is 4.62. The van der Waals surface area contributed by atoms with Gasteiger partial charge >= 0.3 is 0 Å². The third-order valence-corrected chi connectivity index (χ3v) is 6.30. The molecule has 1 N–H and O–H groups in total. The summed E-state index contributed by atoms with van der Waals surface area (Å²) >= 11 is 0. The second-order valence-electron chi connectivity index (χ2n) is 8.60. The standard InChI is InChI=1S/C27H23FN4O/c1-16-11-21(28)4-5-22(16)26-27-31-25(15-32(27)9-10-33-26)24-14-20-13-18(3-6-23(20)30-24)19-7-8-29-17(2)12-19/h3-8,11-15,26,30H,9-10H2,1-2H3. The number of halogens is 1. The van der Waals surface area contributed by atoms with Crippen LogP contribution in [0.4, 0.5) is 4.39 Å². The maximum atomic E-state index is 13.6. The van der Waals surface area contributed by atoms with Crippen molar-refractivity contribution in [2.45, 2.75) is 26.5 Å². The van der Waals surface area contributed by atoms with E-state index in [9.17, 15) is 4.39 Å². The number of nitrogens with zero attached hydrogens (tertiary/aromatic N) is 3. The number of nitrogens with one attached hydrogen (secondary N) is 1. The average Bonchev–Trinajstić information content (AvgIpc) is 3.43. The monoisotopic (exact) mass is 438 g/mol. The highest BCUT2D eigenvalue weighted by Crippen LogP contribution is 2.34. The van der Waals surface area contributed by atoms with E-state index in [4.69, 9.17) is 9.72 Å². The van der Waals surface area contributed by atoms with Crippen molar-refractivity contribution in [1.82, 2.24) is 19.5 Å². The van der Waals surface area contributed by atoms with Gasteiger partial charge in [-0.25, -0.2) is 9.37 Å². The zero-order chi connectivity index (χ0) is 22.5. The molecule has 0 spiro atoms. The van der Waals surface area contributed by atoms with Crippen LogP contribution in [0.3, 0.4) is 0 Å². The molecule has 6 rings (SSSR count). The highest BCUT2D eigenvalue weighted by Gasteiger charge is 2.27. The summed E-state index contributed by atoms with van der Waals surface area (Å²) in [5.41, 5.74) is 8.02. The number of hydrogen-bond acceptors (Lipinski definition) is 3. The molecular formula is C27H23FN4O. The molecule has 0 saturated heterocycles. The first kappa shape index (κ1) is 19.9. The minimum atomic E-state index is -0.306. The number of aromatic nitrogens is 4. The quantitative estimate of drug-likeness (QED) is 0.378. The molecule has 0 fully saturated rings. The summed E-state index contributed by atoms with van der Waals surface area (Å²) < 4.78 is 21.8. The molecule has 164 valence electrons. The summed E-state index contributed by atoms with van der Waals surface area (Å²) in [7, 11) is 0. The summed E-state index contributed by atoms with van der Waals surface area (Å²) in [5, 5.41) is 1.13. The minimum absolute atomic E-state index is 0.240. The largest absolute Gasteiger partial charge is 0.364 e. The van der Waals surface area contributed by atoms with Gasteiger partial charge in [0.15, 0.2) is 0 Å². The van der Waals surface area contributed by atoms with Crippen LogP contribution in [0.25, 0.3) is 33.4 Å². The van der Waals surface area contributed by atoms with Crippen LogP contribution in [0.15, 0.2) is 67.0 Å². The highest BCUT2D eigenvalue weighted by atomic mass is 19.1. The van der Waals surface area contributed by atoms with E-state index in [1.165, 1.54) is 6.07 Å². The predicted molar refractivity (Wildman–Crippen MR) is 126 cm³/mol. The fourth-order valence-corrected chi connectivity index (χ4v) is 4.63. The molecule has 0 bridgehead atoms. The number of H-pyrrole nitrogens is 1. The first-order valence-electron chi connectivity index (χ1n) is 11.1. The molecule has 1 aliphatic heterocycles. The van der Waals surface area contributed by atoms with Crippen molar-refractivity contribution in [2.75, 3.05) is 6.61 Å². The van der Waals surface area contributed by atoms with E-state index < -0.39 is 0 Å². The van der Waals surface area contributed by atoms with Crippen LogP contribution in [-0.2, 0) is 11.3 Å². The van der Waals surface area contributed by atoms with E-state index in [-0.39, 0.29) is 11.9 Å². The molecule has 0 saturated carbocycles. The lowest BCUT2D eigenvalue weighted by atomic mass is 10.0.